The van der Waals surface area contributed by atoms with Gasteiger partial charge in [0.2, 0.25) is 0 Å². The van der Waals surface area contributed by atoms with E-state index in [0.29, 0.717) is 17.3 Å². The highest BCUT2D eigenvalue weighted by Gasteiger charge is 2.25. The van der Waals surface area contributed by atoms with Gasteiger partial charge in [0.05, 0.1) is 9.88 Å². The first-order valence-corrected chi connectivity index (χ1v) is 7.56. The van der Waals surface area contributed by atoms with E-state index in [0.717, 1.165) is 40.4 Å². The molecule has 0 fully saturated rings. The smallest absolute Gasteiger partial charge is 0.142 e. The Morgan fingerprint density at radius 2 is 2.30 bits per heavy atom. The second kappa shape index (κ2) is 4.88. The van der Waals surface area contributed by atoms with Gasteiger partial charge in [-0.1, -0.05) is 6.92 Å². The third-order valence-electron chi connectivity index (χ3n) is 3.82. The number of rotatable bonds is 1. The van der Waals surface area contributed by atoms with Crippen LogP contribution in [0.15, 0.2) is 6.20 Å². The SMILES string of the molecule is Cc1ncc(-c2c(C#N)c(N)nc3c2CC(C)CC3)s1. The van der Waals surface area contributed by atoms with Gasteiger partial charge < -0.3 is 5.73 Å². The summed E-state index contributed by atoms with van der Waals surface area (Å²) in [5, 5.41) is 10.4. The van der Waals surface area contributed by atoms with Crippen LogP contribution in [0.2, 0.25) is 0 Å². The lowest BCUT2D eigenvalue weighted by Gasteiger charge is -2.24. The van der Waals surface area contributed by atoms with Crippen molar-refractivity contribution in [3.8, 4) is 16.5 Å². The second-order valence-electron chi connectivity index (χ2n) is 5.38. The molecule has 0 spiro atoms. The van der Waals surface area contributed by atoms with Crippen LogP contribution < -0.4 is 5.73 Å². The fourth-order valence-electron chi connectivity index (χ4n) is 2.81. The van der Waals surface area contributed by atoms with Crippen molar-refractivity contribution in [2.75, 3.05) is 5.73 Å². The van der Waals surface area contributed by atoms with E-state index in [-0.39, 0.29) is 0 Å². The Morgan fingerprint density at radius 3 is 2.95 bits per heavy atom. The molecule has 0 aromatic carbocycles. The van der Waals surface area contributed by atoms with Gasteiger partial charge in [0.15, 0.2) is 0 Å². The van der Waals surface area contributed by atoms with Crippen molar-refractivity contribution >= 4 is 17.2 Å². The van der Waals surface area contributed by atoms with E-state index in [1.54, 1.807) is 11.3 Å². The average molecular weight is 284 g/mol. The number of anilines is 1. The van der Waals surface area contributed by atoms with Crippen LogP contribution in [0.5, 0.6) is 0 Å². The number of thiazole rings is 1. The number of fused-ring (bicyclic) bond motifs is 1. The normalized spacial score (nSPS) is 17.6. The molecule has 0 saturated carbocycles. The van der Waals surface area contributed by atoms with Crippen LogP contribution in [-0.4, -0.2) is 9.97 Å². The van der Waals surface area contributed by atoms with E-state index in [2.05, 4.69) is 23.0 Å². The maximum Gasteiger partial charge on any atom is 0.142 e. The van der Waals surface area contributed by atoms with Crippen LogP contribution in [0, 0.1) is 24.2 Å². The zero-order valence-electron chi connectivity index (χ0n) is 11.6. The number of aromatic nitrogens is 2. The van der Waals surface area contributed by atoms with Crippen LogP contribution >= 0.6 is 11.3 Å². The predicted molar refractivity (Wildman–Crippen MR) is 80.4 cm³/mol. The first-order valence-electron chi connectivity index (χ1n) is 6.74. The molecule has 1 unspecified atom stereocenters. The first kappa shape index (κ1) is 13.1. The van der Waals surface area contributed by atoms with Crippen LogP contribution in [0.3, 0.4) is 0 Å². The van der Waals surface area contributed by atoms with Gasteiger partial charge >= 0.3 is 0 Å². The summed E-state index contributed by atoms with van der Waals surface area (Å²) in [4.78, 5) is 9.79. The minimum absolute atomic E-state index is 0.349. The van der Waals surface area contributed by atoms with Crippen molar-refractivity contribution in [2.24, 2.45) is 5.92 Å². The molecule has 0 amide bonds. The molecule has 2 aromatic heterocycles. The molecule has 20 heavy (non-hydrogen) atoms. The molecule has 4 nitrogen and oxygen atoms in total. The van der Waals surface area contributed by atoms with E-state index in [4.69, 9.17) is 5.73 Å². The van der Waals surface area contributed by atoms with Gasteiger partial charge in [-0.05, 0) is 37.7 Å². The summed E-state index contributed by atoms with van der Waals surface area (Å²) in [6.45, 7) is 4.22. The number of aryl methyl sites for hydroxylation is 2. The number of pyridine rings is 1. The Morgan fingerprint density at radius 1 is 1.50 bits per heavy atom. The lowest BCUT2D eigenvalue weighted by molar-refractivity contribution is 0.495. The van der Waals surface area contributed by atoms with E-state index in [1.807, 2.05) is 13.1 Å². The minimum Gasteiger partial charge on any atom is -0.383 e. The quantitative estimate of drug-likeness (QED) is 0.873. The Balaban J connectivity index is 2.30. The second-order valence-corrected chi connectivity index (χ2v) is 6.61. The summed E-state index contributed by atoms with van der Waals surface area (Å²) >= 11 is 1.61. The zero-order chi connectivity index (χ0) is 14.3. The van der Waals surface area contributed by atoms with Crippen LogP contribution in [-0.2, 0) is 12.8 Å². The van der Waals surface area contributed by atoms with E-state index in [9.17, 15) is 5.26 Å². The molecule has 5 heteroatoms. The summed E-state index contributed by atoms with van der Waals surface area (Å²) in [5.41, 5.74) is 9.70. The lowest BCUT2D eigenvalue weighted by Crippen LogP contribution is -2.16. The van der Waals surface area contributed by atoms with Crippen molar-refractivity contribution in [1.29, 1.82) is 5.26 Å². The van der Waals surface area contributed by atoms with Gasteiger partial charge in [0, 0.05) is 17.5 Å². The lowest BCUT2D eigenvalue weighted by atomic mass is 9.84. The number of nitrogens with zero attached hydrogens (tertiary/aromatic N) is 3. The number of nitriles is 1. The zero-order valence-corrected chi connectivity index (χ0v) is 12.4. The van der Waals surface area contributed by atoms with E-state index in [1.165, 1.54) is 5.56 Å². The topological polar surface area (TPSA) is 75.6 Å². The fourth-order valence-corrected chi connectivity index (χ4v) is 3.67. The summed E-state index contributed by atoms with van der Waals surface area (Å²) in [6, 6.07) is 2.23. The molecule has 3 rings (SSSR count). The van der Waals surface area contributed by atoms with Gasteiger partial charge in [0.1, 0.15) is 17.5 Å². The van der Waals surface area contributed by atoms with Crippen LogP contribution in [0.25, 0.3) is 10.4 Å². The third-order valence-corrected chi connectivity index (χ3v) is 4.75. The summed E-state index contributed by atoms with van der Waals surface area (Å²) < 4.78 is 0. The van der Waals surface area contributed by atoms with Crippen LogP contribution in [0.4, 0.5) is 5.82 Å². The van der Waals surface area contributed by atoms with E-state index >= 15 is 0 Å². The molecular formula is C15H16N4S. The van der Waals surface area contributed by atoms with Gasteiger partial charge in [-0.15, -0.1) is 11.3 Å². The van der Waals surface area contributed by atoms with E-state index < -0.39 is 0 Å². The van der Waals surface area contributed by atoms with Gasteiger partial charge in [-0.2, -0.15) is 5.26 Å². The molecule has 1 aliphatic rings. The summed E-state index contributed by atoms with van der Waals surface area (Å²) in [6.07, 6.45) is 4.88. The molecule has 2 heterocycles. The molecule has 102 valence electrons. The van der Waals surface area contributed by atoms with Crippen LogP contribution in [0.1, 0.15) is 35.2 Å². The molecule has 2 aromatic rings. The predicted octanol–water partition coefficient (Wildman–Crippen LogP) is 3.09. The highest BCUT2D eigenvalue weighted by Crippen LogP contribution is 2.39. The Labute approximate surface area is 122 Å². The fraction of sp³-hybridized carbons (Fsp3) is 0.400. The third kappa shape index (κ3) is 2.06. The number of nitrogens with two attached hydrogens (primary N) is 1. The number of hydrogen-bond acceptors (Lipinski definition) is 5. The summed E-state index contributed by atoms with van der Waals surface area (Å²) in [7, 11) is 0. The Bertz CT molecular complexity index is 711. The average Bonchev–Trinajstić information content (AvgIpc) is 2.84. The van der Waals surface area contributed by atoms with Crippen molar-refractivity contribution in [3.05, 3.63) is 28.0 Å². The molecule has 0 radical (unpaired) electrons. The van der Waals surface area contributed by atoms with Crippen molar-refractivity contribution < 1.29 is 0 Å². The molecule has 2 N–H and O–H groups in total. The molecule has 0 aliphatic heterocycles. The van der Waals surface area contributed by atoms with Crippen molar-refractivity contribution in [1.82, 2.24) is 9.97 Å². The largest absolute Gasteiger partial charge is 0.383 e. The molecule has 0 saturated heterocycles. The first-order chi connectivity index (χ1) is 9.60. The maximum atomic E-state index is 9.45. The molecule has 1 aliphatic carbocycles. The summed E-state index contributed by atoms with van der Waals surface area (Å²) in [5.74, 6) is 0.967. The highest BCUT2D eigenvalue weighted by atomic mass is 32.1. The number of nitrogen functional groups attached to an aromatic ring is 1. The standard InChI is InChI=1S/C15H16N4S/c1-8-3-4-12-10(5-8)14(11(6-16)15(17)19-12)13-7-18-9(2)20-13/h7-8H,3-5H2,1-2H3,(H2,17,19). The molecule has 1 atom stereocenters. The molecule has 0 bridgehead atoms. The maximum absolute atomic E-state index is 9.45. The van der Waals surface area contributed by atoms with Gasteiger partial charge in [0.25, 0.3) is 0 Å². The van der Waals surface area contributed by atoms with Gasteiger partial charge in [-0.3, -0.25) is 0 Å². The number of hydrogen-bond donors (Lipinski definition) is 1. The monoisotopic (exact) mass is 284 g/mol. The Hall–Kier alpha value is -1.93. The Kier molecular flexibility index (Phi) is 3.19. The minimum atomic E-state index is 0.349. The van der Waals surface area contributed by atoms with Crippen molar-refractivity contribution in [2.45, 2.75) is 33.1 Å². The van der Waals surface area contributed by atoms with Crippen molar-refractivity contribution in [3.63, 3.8) is 0 Å². The highest BCUT2D eigenvalue weighted by molar-refractivity contribution is 7.15. The molecular weight excluding hydrogens is 268 g/mol. The van der Waals surface area contributed by atoms with Gasteiger partial charge in [-0.25, -0.2) is 9.97 Å².